The third-order valence-corrected chi connectivity index (χ3v) is 6.48. The van der Waals surface area contributed by atoms with Crippen LogP contribution in [0.25, 0.3) is 16.8 Å². The first-order valence-corrected chi connectivity index (χ1v) is 11.0. The number of hydrogen-bond donors (Lipinski definition) is 0. The van der Waals surface area contributed by atoms with E-state index in [1.54, 1.807) is 9.58 Å². The first kappa shape index (κ1) is 18.5. The average molecular weight is 416 g/mol. The molecule has 3 aromatic rings. The minimum Gasteiger partial charge on any atom is -0.340 e. The first-order valence-electron chi connectivity index (χ1n) is 11.0. The standard InChI is InChI=1S/C23H25N7O/c1-28-13-21-18(11-29(2)26-21)20-10-16-15(7-8-19(16)24-25-20)17-12-30(9-3-4-22(28)31)27-23(17)14-5-6-14/h7,10-12,14H,3-6,8-9,13H2,1-2H3. The highest BCUT2D eigenvalue weighted by molar-refractivity contribution is 5.86. The Labute approximate surface area is 180 Å². The van der Waals surface area contributed by atoms with E-state index < -0.39 is 0 Å². The number of allylic oxidation sites excluding steroid dienone is 1. The SMILES string of the molecule is CN1Cc2nn(C)cc2-c2cc3c(nn2)CC=C3c2cn(nc2C2CC2)CCCC1=O. The van der Waals surface area contributed by atoms with Gasteiger partial charge in [-0.15, -0.1) is 0 Å². The van der Waals surface area contributed by atoms with E-state index >= 15 is 0 Å². The molecule has 1 saturated carbocycles. The lowest BCUT2D eigenvalue weighted by atomic mass is 9.99. The van der Waals surface area contributed by atoms with Crippen molar-refractivity contribution in [1.29, 1.82) is 0 Å². The molecule has 0 N–H and O–H groups in total. The molecular formula is C23H25N7O. The van der Waals surface area contributed by atoms with E-state index in [1.165, 1.54) is 29.7 Å². The second kappa shape index (κ2) is 6.87. The molecule has 8 nitrogen and oxygen atoms in total. The number of rotatable bonds is 1. The number of aryl methyl sites for hydroxylation is 2. The predicted molar refractivity (Wildman–Crippen MR) is 115 cm³/mol. The van der Waals surface area contributed by atoms with E-state index in [0.29, 0.717) is 18.9 Å². The molecule has 1 amide bonds. The minimum absolute atomic E-state index is 0.116. The van der Waals surface area contributed by atoms with Crippen LogP contribution in [0.2, 0.25) is 0 Å². The Hall–Kier alpha value is -3.29. The number of aromatic nitrogens is 6. The van der Waals surface area contributed by atoms with Crippen molar-refractivity contribution in [3.05, 3.63) is 52.7 Å². The first-order chi connectivity index (χ1) is 15.1. The van der Waals surface area contributed by atoms with Crippen molar-refractivity contribution in [3.8, 4) is 11.3 Å². The summed E-state index contributed by atoms with van der Waals surface area (Å²) >= 11 is 0. The Balaban J connectivity index is 1.51. The van der Waals surface area contributed by atoms with Crippen molar-refractivity contribution in [2.24, 2.45) is 7.05 Å². The second-order valence-corrected chi connectivity index (χ2v) is 8.89. The van der Waals surface area contributed by atoms with Crippen molar-refractivity contribution in [3.63, 3.8) is 0 Å². The molecule has 3 aliphatic rings. The van der Waals surface area contributed by atoms with Crippen LogP contribution in [-0.4, -0.2) is 47.6 Å². The Morgan fingerprint density at radius 3 is 2.71 bits per heavy atom. The van der Waals surface area contributed by atoms with E-state index in [4.69, 9.17) is 5.10 Å². The van der Waals surface area contributed by atoms with Crippen molar-refractivity contribution in [1.82, 2.24) is 34.7 Å². The van der Waals surface area contributed by atoms with Gasteiger partial charge in [0.25, 0.3) is 0 Å². The van der Waals surface area contributed by atoms with Gasteiger partial charge in [-0.05, 0) is 30.9 Å². The summed E-state index contributed by atoms with van der Waals surface area (Å²) in [6.07, 6.45) is 10.8. The maximum Gasteiger partial charge on any atom is 0.222 e. The van der Waals surface area contributed by atoms with Crippen molar-refractivity contribution < 1.29 is 4.79 Å². The lowest BCUT2D eigenvalue weighted by Gasteiger charge is -2.17. The molecule has 0 unspecified atom stereocenters. The fraction of sp³-hybridized carbons (Fsp3) is 0.435. The van der Waals surface area contributed by atoms with Gasteiger partial charge in [0.1, 0.15) is 0 Å². The predicted octanol–water partition coefficient (Wildman–Crippen LogP) is 2.69. The molecule has 4 heterocycles. The van der Waals surface area contributed by atoms with Crippen LogP contribution in [0.4, 0.5) is 0 Å². The number of carbonyl (C=O) groups excluding carboxylic acids is 1. The Bertz CT molecular complexity index is 1230. The Kier molecular flexibility index (Phi) is 4.09. The molecule has 3 aromatic heterocycles. The molecule has 1 aliphatic heterocycles. The molecule has 0 atom stereocenters. The van der Waals surface area contributed by atoms with Crippen LogP contribution in [0.3, 0.4) is 0 Å². The molecule has 8 heteroatoms. The average Bonchev–Trinajstić information content (AvgIpc) is 3.21. The molecule has 4 bridgehead atoms. The third-order valence-electron chi connectivity index (χ3n) is 6.48. The van der Waals surface area contributed by atoms with Gasteiger partial charge in [0.05, 0.1) is 29.3 Å². The fourth-order valence-electron chi connectivity index (χ4n) is 4.67. The van der Waals surface area contributed by atoms with Gasteiger partial charge in [-0.3, -0.25) is 14.2 Å². The van der Waals surface area contributed by atoms with Gasteiger partial charge in [0, 0.05) is 68.5 Å². The summed E-state index contributed by atoms with van der Waals surface area (Å²) in [6, 6.07) is 2.14. The molecule has 6 rings (SSSR count). The minimum atomic E-state index is 0.116. The zero-order valence-corrected chi connectivity index (χ0v) is 17.9. The monoisotopic (exact) mass is 415 g/mol. The zero-order valence-electron chi connectivity index (χ0n) is 17.9. The van der Waals surface area contributed by atoms with E-state index in [0.717, 1.165) is 47.6 Å². The van der Waals surface area contributed by atoms with Crippen molar-refractivity contribution in [2.45, 2.75) is 51.1 Å². The number of fused-ring (bicyclic) bond motifs is 6. The van der Waals surface area contributed by atoms with Crippen molar-refractivity contribution >= 4 is 11.5 Å². The van der Waals surface area contributed by atoms with E-state index in [2.05, 4.69) is 33.6 Å². The molecule has 158 valence electrons. The summed E-state index contributed by atoms with van der Waals surface area (Å²) in [5.74, 6) is 0.664. The van der Waals surface area contributed by atoms with Gasteiger partial charge in [0.2, 0.25) is 5.91 Å². The van der Waals surface area contributed by atoms with Crippen LogP contribution in [0, 0.1) is 0 Å². The topological polar surface area (TPSA) is 81.7 Å². The van der Waals surface area contributed by atoms with Crippen LogP contribution < -0.4 is 0 Å². The van der Waals surface area contributed by atoms with Gasteiger partial charge in [-0.25, -0.2) is 0 Å². The van der Waals surface area contributed by atoms with Crippen LogP contribution >= 0.6 is 0 Å². The lowest BCUT2D eigenvalue weighted by molar-refractivity contribution is -0.130. The van der Waals surface area contributed by atoms with Crippen LogP contribution in [0.1, 0.15) is 59.8 Å². The summed E-state index contributed by atoms with van der Waals surface area (Å²) in [7, 11) is 3.74. The maximum absolute atomic E-state index is 12.7. The molecule has 0 saturated heterocycles. The molecule has 0 aromatic carbocycles. The van der Waals surface area contributed by atoms with E-state index in [9.17, 15) is 4.79 Å². The zero-order chi connectivity index (χ0) is 21.1. The van der Waals surface area contributed by atoms with Gasteiger partial charge < -0.3 is 4.90 Å². The maximum atomic E-state index is 12.7. The Morgan fingerprint density at radius 1 is 1.00 bits per heavy atom. The second-order valence-electron chi connectivity index (χ2n) is 8.89. The normalized spacial score (nSPS) is 18.5. The summed E-state index contributed by atoms with van der Waals surface area (Å²) in [4.78, 5) is 14.5. The molecule has 2 aliphatic carbocycles. The van der Waals surface area contributed by atoms with Crippen LogP contribution in [0.5, 0.6) is 0 Å². The van der Waals surface area contributed by atoms with Gasteiger partial charge in [-0.2, -0.15) is 20.4 Å². The van der Waals surface area contributed by atoms with E-state index in [1.807, 2.05) is 25.0 Å². The molecule has 0 radical (unpaired) electrons. The number of hydrogen-bond acceptors (Lipinski definition) is 5. The number of nitrogens with zero attached hydrogens (tertiary/aromatic N) is 7. The smallest absolute Gasteiger partial charge is 0.222 e. The quantitative estimate of drug-likeness (QED) is 0.610. The Morgan fingerprint density at radius 2 is 1.87 bits per heavy atom. The van der Waals surface area contributed by atoms with Gasteiger partial charge >= 0.3 is 0 Å². The van der Waals surface area contributed by atoms with Crippen LogP contribution in [-0.2, 0) is 31.4 Å². The lowest BCUT2D eigenvalue weighted by Crippen LogP contribution is -2.26. The largest absolute Gasteiger partial charge is 0.340 e. The molecule has 1 fully saturated rings. The van der Waals surface area contributed by atoms with Gasteiger partial charge in [0.15, 0.2) is 0 Å². The molecule has 0 spiro atoms. The third kappa shape index (κ3) is 3.17. The van der Waals surface area contributed by atoms with E-state index in [-0.39, 0.29) is 5.91 Å². The number of carbonyl (C=O) groups is 1. The summed E-state index contributed by atoms with van der Waals surface area (Å²) in [5, 5.41) is 18.6. The van der Waals surface area contributed by atoms with Gasteiger partial charge in [-0.1, -0.05) is 6.08 Å². The highest BCUT2D eigenvalue weighted by atomic mass is 16.2. The molecule has 31 heavy (non-hydrogen) atoms. The highest BCUT2D eigenvalue weighted by Gasteiger charge is 2.32. The summed E-state index contributed by atoms with van der Waals surface area (Å²) in [5.41, 5.74) is 8.33. The van der Waals surface area contributed by atoms with Crippen LogP contribution in [0.15, 0.2) is 24.5 Å². The van der Waals surface area contributed by atoms with Crippen molar-refractivity contribution in [2.75, 3.05) is 7.05 Å². The highest BCUT2D eigenvalue weighted by Crippen LogP contribution is 2.45. The summed E-state index contributed by atoms with van der Waals surface area (Å²) in [6.45, 7) is 1.20. The molecular weight excluding hydrogens is 390 g/mol. The number of amides is 1. The fourth-order valence-corrected chi connectivity index (χ4v) is 4.67. The summed E-state index contributed by atoms with van der Waals surface area (Å²) < 4.78 is 3.81.